The highest BCUT2D eigenvalue weighted by atomic mass is 35.5. The van der Waals surface area contributed by atoms with Crippen molar-refractivity contribution >= 4 is 12.4 Å². The first-order valence-corrected chi connectivity index (χ1v) is 5.83. The molecule has 1 saturated carbocycles. The zero-order valence-corrected chi connectivity index (χ0v) is 10.8. The number of phenolic OH excluding ortho intramolecular Hbond substituents is 1. The molecule has 0 bridgehead atoms. The Hall–Kier alpha value is -0.770. The normalized spacial score (nSPS) is 19.0. The first kappa shape index (κ1) is 14.3. The largest absolute Gasteiger partial charge is 0.508 e. The second-order valence-electron chi connectivity index (χ2n) is 4.77. The lowest BCUT2D eigenvalue weighted by Crippen LogP contribution is -2.36. The summed E-state index contributed by atoms with van der Waals surface area (Å²) in [5.41, 5.74) is 7.71. The number of halogens is 1. The molecule has 0 radical (unpaired) electrons. The predicted octanol–water partition coefficient (Wildman–Crippen LogP) is 2.28. The Bertz CT molecular complexity index is 380. The molecular formula is C13H20ClNO2. The summed E-state index contributed by atoms with van der Waals surface area (Å²) in [6.45, 7) is 1.95. The maximum atomic E-state index is 10.1. The molecule has 4 N–H and O–H groups in total. The molecule has 0 amide bonds. The van der Waals surface area contributed by atoms with Crippen LogP contribution in [0.5, 0.6) is 5.75 Å². The van der Waals surface area contributed by atoms with Crippen molar-refractivity contribution in [2.24, 2.45) is 11.7 Å². The Labute approximate surface area is 108 Å². The van der Waals surface area contributed by atoms with Gasteiger partial charge >= 0.3 is 0 Å². The number of benzene rings is 1. The van der Waals surface area contributed by atoms with Gasteiger partial charge in [0.2, 0.25) is 0 Å². The maximum Gasteiger partial charge on any atom is 0.120 e. The molecule has 1 aromatic carbocycles. The lowest BCUT2D eigenvalue weighted by molar-refractivity contribution is 0.0407. The van der Waals surface area contributed by atoms with Crippen LogP contribution in [0.15, 0.2) is 18.2 Å². The minimum Gasteiger partial charge on any atom is -0.508 e. The van der Waals surface area contributed by atoms with Gasteiger partial charge in [-0.25, -0.2) is 0 Å². The minimum atomic E-state index is -0.540. The first-order chi connectivity index (χ1) is 7.59. The summed E-state index contributed by atoms with van der Waals surface area (Å²) in [6, 6.07) is 4.84. The predicted molar refractivity (Wildman–Crippen MR) is 70.4 cm³/mol. The van der Waals surface area contributed by atoms with Crippen molar-refractivity contribution in [3.8, 4) is 5.75 Å². The van der Waals surface area contributed by atoms with E-state index in [1.165, 1.54) is 6.42 Å². The number of aryl methyl sites for hydroxylation is 1. The molecule has 3 nitrogen and oxygen atoms in total. The van der Waals surface area contributed by atoms with Crippen LogP contribution >= 0.6 is 12.4 Å². The highest BCUT2D eigenvalue weighted by Gasteiger charge is 2.31. The Kier molecular flexibility index (Phi) is 4.80. The zero-order valence-electron chi connectivity index (χ0n) is 9.97. The number of aromatic hydroxyl groups is 1. The van der Waals surface area contributed by atoms with Gasteiger partial charge in [-0.3, -0.25) is 0 Å². The van der Waals surface area contributed by atoms with Crippen LogP contribution in [0.2, 0.25) is 0 Å². The zero-order chi connectivity index (χ0) is 11.7. The number of rotatable bonds is 3. The molecule has 1 aromatic rings. The number of nitrogens with two attached hydrogens (primary N) is 1. The van der Waals surface area contributed by atoms with E-state index in [1.807, 2.05) is 19.1 Å². The summed E-state index contributed by atoms with van der Waals surface area (Å²) in [5.74, 6) is 0.478. The summed E-state index contributed by atoms with van der Waals surface area (Å²) in [4.78, 5) is 0. The molecular weight excluding hydrogens is 238 g/mol. The van der Waals surface area contributed by atoms with Crippen LogP contribution in [0, 0.1) is 12.8 Å². The fourth-order valence-corrected chi connectivity index (χ4v) is 2.20. The SMILES string of the molecule is Cc1ccc(O)c([C@H](N)[C@H](O)C2CCC2)c1.Cl. The van der Waals surface area contributed by atoms with E-state index in [-0.39, 0.29) is 18.2 Å². The van der Waals surface area contributed by atoms with Gasteiger partial charge in [0.15, 0.2) is 0 Å². The molecule has 0 aromatic heterocycles. The molecule has 17 heavy (non-hydrogen) atoms. The average Bonchev–Trinajstić information content (AvgIpc) is 2.18. The van der Waals surface area contributed by atoms with Crippen molar-refractivity contribution in [1.82, 2.24) is 0 Å². The number of hydrogen-bond donors (Lipinski definition) is 3. The molecule has 0 saturated heterocycles. The van der Waals surface area contributed by atoms with E-state index < -0.39 is 12.1 Å². The molecule has 4 heteroatoms. The molecule has 1 aliphatic carbocycles. The van der Waals surface area contributed by atoms with Crippen LogP contribution < -0.4 is 5.73 Å². The minimum absolute atomic E-state index is 0. The molecule has 96 valence electrons. The monoisotopic (exact) mass is 257 g/mol. The molecule has 2 atom stereocenters. The van der Waals surface area contributed by atoms with Gasteiger partial charge in [0.1, 0.15) is 5.75 Å². The van der Waals surface area contributed by atoms with Gasteiger partial charge in [-0.15, -0.1) is 12.4 Å². The van der Waals surface area contributed by atoms with Crippen molar-refractivity contribution in [2.75, 3.05) is 0 Å². The van der Waals surface area contributed by atoms with Crippen molar-refractivity contribution in [3.05, 3.63) is 29.3 Å². The molecule has 0 unspecified atom stereocenters. The average molecular weight is 258 g/mol. The lowest BCUT2D eigenvalue weighted by Gasteiger charge is -2.34. The molecule has 0 aliphatic heterocycles. The van der Waals surface area contributed by atoms with Crippen LogP contribution in [0.4, 0.5) is 0 Å². The maximum absolute atomic E-state index is 10.1. The van der Waals surface area contributed by atoms with Crippen LogP contribution in [0.25, 0.3) is 0 Å². The third-order valence-electron chi connectivity index (χ3n) is 3.54. The topological polar surface area (TPSA) is 66.5 Å². The van der Waals surface area contributed by atoms with Gasteiger partial charge in [0.25, 0.3) is 0 Å². The standard InChI is InChI=1S/C13H19NO2.ClH/c1-8-5-6-11(15)10(7-8)12(14)13(16)9-3-2-4-9;/h5-7,9,12-13,15-16H,2-4,14H2,1H3;1H/t12-,13+;/m0./s1. The van der Waals surface area contributed by atoms with Crippen LogP contribution in [-0.4, -0.2) is 16.3 Å². The van der Waals surface area contributed by atoms with Crippen molar-refractivity contribution in [3.63, 3.8) is 0 Å². The lowest BCUT2D eigenvalue weighted by atomic mass is 9.77. The van der Waals surface area contributed by atoms with E-state index in [1.54, 1.807) is 6.07 Å². The quantitative estimate of drug-likeness (QED) is 0.778. The summed E-state index contributed by atoms with van der Waals surface area (Å²) in [5, 5.41) is 19.8. The Morgan fingerprint density at radius 3 is 2.53 bits per heavy atom. The third-order valence-corrected chi connectivity index (χ3v) is 3.54. The van der Waals surface area contributed by atoms with Gasteiger partial charge in [0, 0.05) is 5.56 Å². The third kappa shape index (κ3) is 2.92. The van der Waals surface area contributed by atoms with E-state index in [0.29, 0.717) is 11.5 Å². The first-order valence-electron chi connectivity index (χ1n) is 5.83. The van der Waals surface area contributed by atoms with E-state index in [9.17, 15) is 10.2 Å². The van der Waals surface area contributed by atoms with Crippen molar-refractivity contribution < 1.29 is 10.2 Å². The van der Waals surface area contributed by atoms with Gasteiger partial charge < -0.3 is 15.9 Å². The van der Waals surface area contributed by atoms with Gasteiger partial charge in [0.05, 0.1) is 12.1 Å². The smallest absolute Gasteiger partial charge is 0.120 e. The number of aliphatic hydroxyl groups is 1. The highest BCUT2D eigenvalue weighted by molar-refractivity contribution is 5.85. The number of hydrogen-bond acceptors (Lipinski definition) is 3. The fourth-order valence-electron chi connectivity index (χ4n) is 2.20. The molecule has 2 rings (SSSR count). The Morgan fingerprint density at radius 2 is 2.00 bits per heavy atom. The summed E-state index contributed by atoms with van der Waals surface area (Å²) >= 11 is 0. The van der Waals surface area contributed by atoms with Crippen molar-refractivity contribution in [2.45, 2.75) is 38.3 Å². The van der Waals surface area contributed by atoms with E-state index in [2.05, 4.69) is 0 Å². The molecule has 1 aliphatic rings. The van der Waals surface area contributed by atoms with Crippen LogP contribution in [0.1, 0.15) is 36.4 Å². The van der Waals surface area contributed by atoms with Gasteiger partial charge in [-0.1, -0.05) is 24.1 Å². The fraction of sp³-hybridized carbons (Fsp3) is 0.538. The Balaban J connectivity index is 0.00000144. The van der Waals surface area contributed by atoms with Crippen LogP contribution in [0.3, 0.4) is 0 Å². The highest BCUT2D eigenvalue weighted by Crippen LogP contribution is 2.36. The van der Waals surface area contributed by atoms with Crippen molar-refractivity contribution in [1.29, 1.82) is 0 Å². The van der Waals surface area contributed by atoms with Gasteiger partial charge in [-0.2, -0.15) is 0 Å². The van der Waals surface area contributed by atoms with Gasteiger partial charge in [-0.05, 0) is 31.7 Å². The number of phenols is 1. The summed E-state index contributed by atoms with van der Waals surface area (Å²) < 4.78 is 0. The molecule has 1 fully saturated rings. The Morgan fingerprint density at radius 1 is 1.35 bits per heavy atom. The second kappa shape index (κ2) is 5.71. The van der Waals surface area contributed by atoms with Crippen LogP contribution in [-0.2, 0) is 0 Å². The van der Waals surface area contributed by atoms with E-state index in [0.717, 1.165) is 18.4 Å². The van der Waals surface area contributed by atoms with E-state index >= 15 is 0 Å². The molecule has 0 heterocycles. The second-order valence-corrected chi connectivity index (χ2v) is 4.77. The summed E-state index contributed by atoms with van der Waals surface area (Å²) in [6.07, 6.45) is 2.72. The number of aliphatic hydroxyl groups excluding tert-OH is 1. The van der Waals surface area contributed by atoms with E-state index in [4.69, 9.17) is 5.73 Å². The summed E-state index contributed by atoms with van der Waals surface area (Å²) in [7, 11) is 0. The molecule has 0 spiro atoms.